The van der Waals surface area contributed by atoms with Crippen LogP contribution in [0.3, 0.4) is 0 Å². The molecule has 0 aliphatic rings. The lowest BCUT2D eigenvalue weighted by atomic mass is 10.1. The average Bonchev–Trinajstić information content (AvgIpc) is 2.25. The fraction of sp³-hybridized carbons (Fsp3) is 0.429. The van der Waals surface area contributed by atoms with Crippen molar-refractivity contribution in [3.05, 3.63) is 35.4 Å². The van der Waals surface area contributed by atoms with E-state index in [0.29, 0.717) is 0 Å². The Hall–Kier alpha value is -0.826. The smallest absolute Gasteiger partial charge is 0.123 e. The Morgan fingerprint density at radius 3 is 2.18 bits per heavy atom. The Morgan fingerprint density at radius 1 is 1.06 bits per heavy atom. The van der Waals surface area contributed by atoms with Gasteiger partial charge in [-0.15, -0.1) is 5.54 Å². The molecule has 0 saturated heterocycles. The summed E-state index contributed by atoms with van der Waals surface area (Å²) in [6.45, 7) is 12.0. The Labute approximate surface area is 107 Å². The van der Waals surface area contributed by atoms with E-state index in [4.69, 9.17) is 0 Å². The van der Waals surface area contributed by atoms with E-state index in [9.17, 15) is 5.11 Å². The second-order valence-electron chi connectivity index (χ2n) is 5.94. The van der Waals surface area contributed by atoms with Gasteiger partial charge in [0.1, 0.15) is 7.59 Å². The first kappa shape index (κ1) is 14.2. The second-order valence-corrected chi connectivity index (χ2v) is 22.2. The maximum absolute atomic E-state index is 9.26. The summed E-state index contributed by atoms with van der Waals surface area (Å²) < 4.78 is 0. The number of hydrogen-bond donors (Lipinski definition) is 1. The van der Waals surface area contributed by atoms with Gasteiger partial charge in [-0.25, -0.2) is 0 Å². The number of aliphatic hydroxyl groups is 1. The first-order chi connectivity index (χ1) is 7.78. The minimum Gasteiger partial charge on any atom is -0.392 e. The van der Waals surface area contributed by atoms with Gasteiger partial charge >= 0.3 is 0 Å². The van der Waals surface area contributed by atoms with E-state index in [1.165, 1.54) is 0 Å². The summed E-state index contributed by atoms with van der Waals surface area (Å²) in [6.07, 6.45) is 0. The minimum atomic E-state index is -1.43. The van der Waals surface area contributed by atoms with Crippen LogP contribution in [0.4, 0.5) is 0 Å². The lowest BCUT2D eigenvalue weighted by Gasteiger charge is -2.29. The Bertz CT molecular complexity index is 447. The maximum Gasteiger partial charge on any atom is 0.123 e. The second kappa shape index (κ2) is 5.22. The Kier molecular flexibility index (Phi) is 4.37. The SMILES string of the molecule is C[Si](C)(C)[Si](C)(C)C#Cc1ccccc1CO. The summed E-state index contributed by atoms with van der Waals surface area (Å²) in [5, 5.41) is 9.26. The zero-order valence-corrected chi connectivity index (χ0v) is 13.5. The zero-order chi connectivity index (χ0) is 13.1. The van der Waals surface area contributed by atoms with Crippen molar-refractivity contribution in [3.8, 4) is 11.5 Å². The van der Waals surface area contributed by atoms with Crippen LogP contribution in [0.1, 0.15) is 11.1 Å². The monoisotopic (exact) mass is 262 g/mol. The molecular formula is C14H22OSi2. The molecule has 0 aliphatic carbocycles. The third-order valence-corrected chi connectivity index (χ3v) is 19.7. The lowest BCUT2D eigenvalue weighted by molar-refractivity contribution is 0.281. The molecule has 0 heterocycles. The quantitative estimate of drug-likeness (QED) is 0.641. The molecule has 0 aliphatic heterocycles. The highest BCUT2D eigenvalue weighted by Crippen LogP contribution is 2.18. The average molecular weight is 263 g/mol. The fourth-order valence-corrected chi connectivity index (χ4v) is 3.33. The number of benzene rings is 1. The topological polar surface area (TPSA) is 20.2 Å². The van der Waals surface area contributed by atoms with E-state index in [2.05, 4.69) is 44.2 Å². The van der Waals surface area contributed by atoms with Crippen molar-refractivity contribution in [1.82, 2.24) is 0 Å². The van der Waals surface area contributed by atoms with Crippen LogP contribution in [-0.2, 0) is 6.61 Å². The van der Waals surface area contributed by atoms with Crippen molar-refractivity contribution in [1.29, 1.82) is 0 Å². The molecule has 0 atom stereocenters. The molecule has 1 nitrogen and oxygen atoms in total. The fourth-order valence-electron chi connectivity index (χ4n) is 1.19. The van der Waals surface area contributed by atoms with Crippen molar-refractivity contribution in [3.63, 3.8) is 0 Å². The predicted octanol–water partition coefficient (Wildman–Crippen LogP) is 3.19. The molecular weight excluding hydrogens is 240 g/mol. The highest BCUT2D eigenvalue weighted by molar-refractivity contribution is 7.43. The van der Waals surface area contributed by atoms with E-state index in [0.717, 1.165) is 11.1 Å². The van der Waals surface area contributed by atoms with E-state index < -0.39 is 15.2 Å². The molecule has 0 unspecified atom stereocenters. The van der Waals surface area contributed by atoms with Gasteiger partial charge in [-0.3, -0.25) is 0 Å². The molecule has 17 heavy (non-hydrogen) atoms. The van der Waals surface area contributed by atoms with Crippen LogP contribution in [0.5, 0.6) is 0 Å². The summed E-state index contributed by atoms with van der Waals surface area (Å²) in [5.74, 6) is 3.30. The van der Waals surface area contributed by atoms with Crippen LogP contribution in [-0.4, -0.2) is 20.3 Å². The van der Waals surface area contributed by atoms with Gasteiger partial charge in [0.25, 0.3) is 0 Å². The van der Waals surface area contributed by atoms with E-state index in [1.807, 2.05) is 24.3 Å². The number of hydrogen-bond acceptors (Lipinski definition) is 1. The molecule has 0 aromatic heterocycles. The van der Waals surface area contributed by atoms with Crippen molar-refractivity contribution in [2.24, 2.45) is 0 Å². The highest BCUT2D eigenvalue weighted by atomic mass is 29.3. The molecule has 1 N–H and O–H groups in total. The summed E-state index contributed by atoms with van der Waals surface area (Å²) in [4.78, 5) is 0. The van der Waals surface area contributed by atoms with Gasteiger partial charge in [0.05, 0.1) is 14.2 Å². The first-order valence-corrected chi connectivity index (χ1v) is 13.5. The van der Waals surface area contributed by atoms with Crippen LogP contribution in [0.25, 0.3) is 0 Å². The third kappa shape index (κ3) is 3.57. The van der Waals surface area contributed by atoms with Crippen molar-refractivity contribution >= 4 is 15.2 Å². The standard InChI is InChI=1S/C14H22OSi2/c1-16(2,3)17(4,5)11-10-13-8-6-7-9-14(13)12-15/h6-9,15H,12H2,1-5H3. The molecule has 0 bridgehead atoms. The molecule has 0 fully saturated rings. The maximum atomic E-state index is 9.26. The van der Waals surface area contributed by atoms with Crippen LogP contribution in [0, 0.1) is 11.5 Å². The van der Waals surface area contributed by atoms with Gasteiger partial charge in [-0.2, -0.15) is 0 Å². The number of rotatable bonds is 2. The molecule has 92 valence electrons. The molecule has 0 spiro atoms. The first-order valence-electron chi connectivity index (χ1n) is 6.00. The Morgan fingerprint density at radius 2 is 1.65 bits per heavy atom. The van der Waals surface area contributed by atoms with Crippen LogP contribution in [0.2, 0.25) is 32.7 Å². The van der Waals surface area contributed by atoms with Gasteiger partial charge in [-0.05, 0) is 11.6 Å². The number of aliphatic hydroxyl groups excluding tert-OH is 1. The predicted molar refractivity (Wildman–Crippen MR) is 80.1 cm³/mol. The third-order valence-electron chi connectivity index (χ3n) is 3.57. The van der Waals surface area contributed by atoms with E-state index >= 15 is 0 Å². The molecule has 1 aromatic carbocycles. The largest absolute Gasteiger partial charge is 0.392 e. The van der Waals surface area contributed by atoms with Crippen LogP contribution < -0.4 is 0 Å². The van der Waals surface area contributed by atoms with Gasteiger partial charge in [0.15, 0.2) is 0 Å². The van der Waals surface area contributed by atoms with Crippen molar-refractivity contribution in [2.75, 3.05) is 0 Å². The van der Waals surface area contributed by atoms with Gasteiger partial charge in [-0.1, -0.05) is 56.9 Å². The summed E-state index contributed by atoms with van der Waals surface area (Å²) in [6, 6.07) is 7.85. The van der Waals surface area contributed by atoms with Gasteiger partial charge in [0.2, 0.25) is 0 Å². The molecule has 0 radical (unpaired) electrons. The van der Waals surface area contributed by atoms with Gasteiger partial charge in [0, 0.05) is 5.56 Å². The van der Waals surface area contributed by atoms with E-state index in [1.54, 1.807) is 0 Å². The summed E-state index contributed by atoms with van der Waals surface area (Å²) in [7, 11) is -2.59. The Balaban J connectivity index is 3.07. The van der Waals surface area contributed by atoms with Crippen LogP contribution in [0.15, 0.2) is 24.3 Å². The van der Waals surface area contributed by atoms with Gasteiger partial charge < -0.3 is 5.11 Å². The zero-order valence-electron chi connectivity index (χ0n) is 11.5. The molecule has 1 aromatic rings. The van der Waals surface area contributed by atoms with Crippen LogP contribution >= 0.6 is 0 Å². The molecule has 0 amide bonds. The lowest BCUT2D eigenvalue weighted by Crippen LogP contribution is -2.51. The minimum absolute atomic E-state index is 0.0692. The van der Waals surface area contributed by atoms with Crippen molar-refractivity contribution in [2.45, 2.75) is 39.3 Å². The summed E-state index contributed by atoms with van der Waals surface area (Å²) >= 11 is 0. The van der Waals surface area contributed by atoms with E-state index in [-0.39, 0.29) is 6.61 Å². The van der Waals surface area contributed by atoms with Crippen molar-refractivity contribution < 1.29 is 5.11 Å². The molecule has 3 heteroatoms. The highest BCUT2D eigenvalue weighted by Gasteiger charge is 2.35. The molecule has 0 saturated carbocycles. The molecule has 1 rings (SSSR count). The normalized spacial score (nSPS) is 11.9. The summed E-state index contributed by atoms with van der Waals surface area (Å²) in [5.41, 5.74) is 5.44.